The third kappa shape index (κ3) is 3.51. The third-order valence-corrected chi connectivity index (χ3v) is 1.42. The Labute approximate surface area is 63.4 Å². The molecule has 0 spiro atoms. The van der Waals surface area contributed by atoms with E-state index in [1.54, 1.807) is 0 Å². The molecule has 2 heteroatoms. The van der Waals surface area contributed by atoms with Gasteiger partial charge in [0.05, 0.1) is 0 Å². The van der Waals surface area contributed by atoms with Crippen molar-refractivity contribution in [1.82, 2.24) is 5.06 Å². The van der Waals surface area contributed by atoms with Crippen molar-refractivity contribution in [2.24, 2.45) is 0 Å². The van der Waals surface area contributed by atoms with Gasteiger partial charge in [0.25, 0.3) is 0 Å². The SMILES string of the molecule is C/C=C(\C)ON(C)C(C)C. The highest BCUT2D eigenvalue weighted by atomic mass is 16.7. The van der Waals surface area contributed by atoms with Crippen molar-refractivity contribution < 1.29 is 4.84 Å². The summed E-state index contributed by atoms with van der Waals surface area (Å²) in [5.41, 5.74) is 0. The van der Waals surface area contributed by atoms with Gasteiger partial charge in [-0.15, -0.1) is 5.06 Å². The molecule has 60 valence electrons. The molecule has 0 atom stereocenters. The van der Waals surface area contributed by atoms with Crippen LogP contribution in [0.1, 0.15) is 27.7 Å². The molecule has 0 saturated carbocycles. The first-order valence-electron chi connectivity index (χ1n) is 3.61. The summed E-state index contributed by atoms with van der Waals surface area (Å²) in [7, 11) is 1.93. The lowest BCUT2D eigenvalue weighted by Gasteiger charge is -2.21. The largest absolute Gasteiger partial charge is 0.411 e. The average Bonchev–Trinajstić information content (AvgIpc) is 1.87. The molecule has 0 aliphatic rings. The van der Waals surface area contributed by atoms with Crippen LogP contribution in [0.5, 0.6) is 0 Å². The zero-order valence-corrected chi connectivity index (χ0v) is 7.51. The fourth-order valence-corrected chi connectivity index (χ4v) is 0.385. The summed E-state index contributed by atoms with van der Waals surface area (Å²) in [6, 6.07) is 0.426. The van der Waals surface area contributed by atoms with E-state index < -0.39 is 0 Å². The predicted octanol–water partition coefficient (Wildman–Crippen LogP) is 2.18. The Morgan fingerprint density at radius 1 is 1.50 bits per heavy atom. The summed E-state index contributed by atoms with van der Waals surface area (Å²) >= 11 is 0. The van der Waals surface area contributed by atoms with Gasteiger partial charge in [-0.25, -0.2) is 0 Å². The zero-order valence-electron chi connectivity index (χ0n) is 7.51. The Morgan fingerprint density at radius 2 is 2.00 bits per heavy atom. The van der Waals surface area contributed by atoms with Crippen LogP contribution < -0.4 is 0 Å². The van der Waals surface area contributed by atoms with Crippen molar-refractivity contribution in [2.45, 2.75) is 33.7 Å². The summed E-state index contributed by atoms with van der Waals surface area (Å²) in [6.07, 6.45) is 1.94. The molecule has 0 unspecified atom stereocenters. The van der Waals surface area contributed by atoms with Gasteiger partial charge in [-0.3, -0.25) is 0 Å². The van der Waals surface area contributed by atoms with E-state index in [-0.39, 0.29) is 0 Å². The summed E-state index contributed by atoms with van der Waals surface area (Å²) in [6.45, 7) is 8.08. The molecule has 0 N–H and O–H groups in total. The summed E-state index contributed by atoms with van der Waals surface area (Å²) in [4.78, 5) is 5.36. The molecule has 0 heterocycles. The van der Waals surface area contributed by atoms with Crippen molar-refractivity contribution in [3.05, 3.63) is 11.8 Å². The molecule has 0 radical (unpaired) electrons. The molecule has 0 amide bonds. The van der Waals surface area contributed by atoms with E-state index in [1.807, 2.05) is 32.0 Å². The molecule has 0 aromatic heterocycles. The van der Waals surface area contributed by atoms with Crippen LogP contribution in [-0.4, -0.2) is 18.2 Å². The normalized spacial score (nSPS) is 12.9. The van der Waals surface area contributed by atoms with Crippen LogP contribution in [0, 0.1) is 0 Å². The second-order valence-electron chi connectivity index (χ2n) is 2.63. The maximum Gasteiger partial charge on any atom is 0.117 e. The fourth-order valence-electron chi connectivity index (χ4n) is 0.385. The highest BCUT2D eigenvalue weighted by Crippen LogP contribution is 2.01. The molecule has 0 rings (SSSR count). The molecule has 0 bridgehead atoms. The number of nitrogens with zero attached hydrogens (tertiary/aromatic N) is 1. The van der Waals surface area contributed by atoms with Crippen molar-refractivity contribution in [2.75, 3.05) is 7.05 Å². The van der Waals surface area contributed by atoms with E-state index >= 15 is 0 Å². The van der Waals surface area contributed by atoms with Gasteiger partial charge in [0.2, 0.25) is 0 Å². The van der Waals surface area contributed by atoms with E-state index in [9.17, 15) is 0 Å². The number of rotatable bonds is 3. The highest BCUT2D eigenvalue weighted by molar-refractivity contribution is 4.83. The van der Waals surface area contributed by atoms with Crippen molar-refractivity contribution in [1.29, 1.82) is 0 Å². The Balaban J connectivity index is 3.68. The average molecular weight is 143 g/mol. The first kappa shape index (κ1) is 9.50. The Morgan fingerprint density at radius 3 is 2.30 bits per heavy atom. The van der Waals surface area contributed by atoms with Crippen molar-refractivity contribution in [3.63, 3.8) is 0 Å². The summed E-state index contributed by atoms with van der Waals surface area (Å²) in [5.74, 6) is 0.941. The van der Waals surface area contributed by atoms with Crippen LogP contribution in [0.3, 0.4) is 0 Å². The molecule has 10 heavy (non-hydrogen) atoms. The van der Waals surface area contributed by atoms with Gasteiger partial charge in [0.1, 0.15) is 5.76 Å². The van der Waals surface area contributed by atoms with Crippen molar-refractivity contribution >= 4 is 0 Å². The lowest BCUT2D eigenvalue weighted by molar-refractivity contribution is -0.120. The van der Waals surface area contributed by atoms with Gasteiger partial charge in [-0.1, -0.05) is 0 Å². The van der Waals surface area contributed by atoms with Crippen molar-refractivity contribution in [3.8, 4) is 0 Å². The van der Waals surface area contributed by atoms with E-state index in [0.29, 0.717) is 6.04 Å². The lowest BCUT2D eigenvalue weighted by atomic mass is 10.4. The number of hydroxylamine groups is 2. The maximum absolute atomic E-state index is 5.36. The minimum Gasteiger partial charge on any atom is -0.411 e. The zero-order chi connectivity index (χ0) is 8.15. The maximum atomic E-state index is 5.36. The van der Waals surface area contributed by atoms with E-state index in [4.69, 9.17) is 4.84 Å². The first-order chi connectivity index (χ1) is 4.57. The van der Waals surface area contributed by atoms with Crippen LogP contribution in [0.15, 0.2) is 11.8 Å². The molecular weight excluding hydrogens is 126 g/mol. The highest BCUT2D eigenvalue weighted by Gasteiger charge is 2.02. The van der Waals surface area contributed by atoms with Crippen LogP contribution in [-0.2, 0) is 4.84 Å². The fraction of sp³-hybridized carbons (Fsp3) is 0.750. The van der Waals surface area contributed by atoms with Gasteiger partial charge < -0.3 is 4.84 Å². The van der Waals surface area contributed by atoms with Gasteiger partial charge in [-0.05, 0) is 33.8 Å². The minimum atomic E-state index is 0.426. The number of allylic oxidation sites excluding steroid dienone is 2. The summed E-state index contributed by atoms with van der Waals surface area (Å²) in [5, 5.41) is 1.83. The van der Waals surface area contributed by atoms with Gasteiger partial charge >= 0.3 is 0 Å². The van der Waals surface area contributed by atoms with Gasteiger partial charge in [-0.2, -0.15) is 0 Å². The molecule has 0 aromatic carbocycles. The minimum absolute atomic E-state index is 0.426. The van der Waals surface area contributed by atoms with Crippen LogP contribution in [0.4, 0.5) is 0 Å². The lowest BCUT2D eigenvalue weighted by Crippen LogP contribution is -2.25. The van der Waals surface area contributed by atoms with Crippen LogP contribution in [0.25, 0.3) is 0 Å². The molecular formula is C8H17NO. The third-order valence-electron chi connectivity index (χ3n) is 1.42. The molecule has 0 fully saturated rings. The molecule has 2 nitrogen and oxygen atoms in total. The van der Waals surface area contributed by atoms with E-state index in [1.165, 1.54) is 0 Å². The summed E-state index contributed by atoms with van der Waals surface area (Å²) < 4.78 is 0. The predicted molar refractivity (Wildman–Crippen MR) is 43.4 cm³/mol. The Bertz CT molecular complexity index is 118. The second kappa shape index (κ2) is 4.34. The van der Waals surface area contributed by atoms with Crippen LogP contribution >= 0.6 is 0 Å². The standard InChI is InChI=1S/C8H17NO/c1-6-8(4)10-9(5)7(2)3/h6-7H,1-5H3/b8-6+. The van der Waals surface area contributed by atoms with E-state index in [0.717, 1.165) is 5.76 Å². The first-order valence-corrected chi connectivity index (χ1v) is 3.61. The second-order valence-corrected chi connectivity index (χ2v) is 2.63. The van der Waals surface area contributed by atoms with E-state index in [2.05, 4.69) is 13.8 Å². The monoisotopic (exact) mass is 143 g/mol. The number of hydrogen-bond donors (Lipinski definition) is 0. The number of hydrogen-bond acceptors (Lipinski definition) is 2. The molecule has 0 aliphatic carbocycles. The van der Waals surface area contributed by atoms with Gasteiger partial charge in [0, 0.05) is 13.1 Å². The topological polar surface area (TPSA) is 12.5 Å². The molecule has 0 aromatic rings. The molecule has 0 aliphatic heterocycles. The Kier molecular flexibility index (Phi) is 4.12. The quantitative estimate of drug-likeness (QED) is 0.443. The van der Waals surface area contributed by atoms with Crippen LogP contribution in [0.2, 0.25) is 0 Å². The smallest absolute Gasteiger partial charge is 0.117 e. The van der Waals surface area contributed by atoms with Gasteiger partial charge in [0.15, 0.2) is 0 Å². The molecule has 0 saturated heterocycles. The Hall–Kier alpha value is -0.500.